The van der Waals surface area contributed by atoms with Crippen LogP contribution in [0.2, 0.25) is 0 Å². The highest BCUT2D eigenvalue weighted by atomic mass is 16.2. The Kier molecular flexibility index (Phi) is 5.57. The highest BCUT2D eigenvalue weighted by Gasteiger charge is 2.28. The molecule has 1 saturated heterocycles. The molecule has 3 rings (SSSR count). The Balaban J connectivity index is 1.75. The first kappa shape index (κ1) is 19.3. The van der Waals surface area contributed by atoms with Gasteiger partial charge in [-0.25, -0.2) is 9.48 Å². The molecule has 0 unspecified atom stereocenters. The van der Waals surface area contributed by atoms with Crippen LogP contribution in [0.15, 0.2) is 29.1 Å². The van der Waals surface area contributed by atoms with E-state index < -0.39 is 23.8 Å². The molecule has 0 aliphatic carbocycles. The second-order valence-corrected chi connectivity index (χ2v) is 6.58. The van der Waals surface area contributed by atoms with Crippen molar-refractivity contribution in [2.75, 3.05) is 13.1 Å². The van der Waals surface area contributed by atoms with Crippen LogP contribution in [0.5, 0.6) is 0 Å². The van der Waals surface area contributed by atoms with E-state index in [1.54, 1.807) is 31.2 Å². The number of carbonyl (C=O) groups is 3. The van der Waals surface area contributed by atoms with Crippen molar-refractivity contribution in [3.63, 3.8) is 0 Å². The number of nitrogens with one attached hydrogen (secondary N) is 2. The third-order valence-electron chi connectivity index (χ3n) is 4.79. The summed E-state index contributed by atoms with van der Waals surface area (Å²) in [6.45, 7) is 2.78. The number of aryl methyl sites for hydroxylation is 1. The second kappa shape index (κ2) is 8.07. The van der Waals surface area contributed by atoms with Crippen LogP contribution in [0.25, 0.3) is 10.8 Å². The summed E-state index contributed by atoms with van der Waals surface area (Å²) in [6.07, 6.45) is 1.25. The molecule has 1 aromatic carbocycles. The van der Waals surface area contributed by atoms with Crippen molar-refractivity contribution in [2.24, 2.45) is 11.7 Å². The molecular formula is C18H22N6O4. The van der Waals surface area contributed by atoms with E-state index >= 15 is 0 Å². The van der Waals surface area contributed by atoms with Crippen LogP contribution in [0.3, 0.4) is 0 Å². The van der Waals surface area contributed by atoms with Crippen molar-refractivity contribution >= 4 is 28.6 Å². The number of piperidine rings is 1. The molecule has 0 saturated carbocycles. The van der Waals surface area contributed by atoms with E-state index in [-0.39, 0.29) is 17.8 Å². The predicted octanol–water partition coefficient (Wildman–Crippen LogP) is -0.0319. The fraction of sp³-hybridized carbons (Fsp3) is 0.389. The van der Waals surface area contributed by atoms with Crippen LogP contribution in [-0.2, 0) is 11.3 Å². The van der Waals surface area contributed by atoms with Crippen molar-refractivity contribution in [1.29, 1.82) is 0 Å². The first-order chi connectivity index (χ1) is 13.4. The monoisotopic (exact) mass is 386 g/mol. The van der Waals surface area contributed by atoms with Gasteiger partial charge in [-0.3, -0.25) is 25.2 Å². The lowest BCUT2D eigenvalue weighted by Gasteiger charge is -2.30. The Labute approximate surface area is 160 Å². The Hall–Kier alpha value is -3.43. The zero-order chi connectivity index (χ0) is 20.3. The number of hydrogen-bond donors (Lipinski definition) is 3. The van der Waals surface area contributed by atoms with Crippen LogP contribution >= 0.6 is 0 Å². The SMILES string of the molecule is CCn1nc(C(=O)NNC(=O)[C@H]2CCCN(C(N)=O)C2)c2ccccc2c1=O. The largest absolute Gasteiger partial charge is 0.351 e. The average molecular weight is 386 g/mol. The molecule has 1 atom stereocenters. The van der Waals surface area contributed by atoms with Gasteiger partial charge in [-0.2, -0.15) is 5.10 Å². The number of aromatic nitrogens is 2. The zero-order valence-corrected chi connectivity index (χ0v) is 15.5. The first-order valence-corrected chi connectivity index (χ1v) is 9.06. The molecule has 28 heavy (non-hydrogen) atoms. The number of amides is 4. The number of carbonyl (C=O) groups excluding carboxylic acids is 3. The van der Waals surface area contributed by atoms with Gasteiger partial charge < -0.3 is 10.6 Å². The molecule has 0 spiro atoms. The van der Waals surface area contributed by atoms with Crippen molar-refractivity contribution in [1.82, 2.24) is 25.5 Å². The van der Waals surface area contributed by atoms with Crippen LogP contribution in [0.1, 0.15) is 30.3 Å². The van der Waals surface area contributed by atoms with Gasteiger partial charge in [0.05, 0.1) is 11.3 Å². The average Bonchev–Trinajstić information content (AvgIpc) is 2.72. The fourth-order valence-corrected chi connectivity index (χ4v) is 3.29. The van der Waals surface area contributed by atoms with Crippen molar-refractivity contribution in [2.45, 2.75) is 26.3 Å². The minimum absolute atomic E-state index is 0.0414. The number of urea groups is 1. The second-order valence-electron chi connectivity index (χ2n) is 6.58. The molecule has 2 aromatic rings. The smallest absolute Gasteiger partial charge is 0.314 e. The van der Waals surface area contributed by atoms with E-state index in [4.69, 9.17) is 5.73 Å². The van der Waals surface area contributed by atoms with Gasteiger partial charge in [-0.15, -0.1) is 0 Å². The summed E-state index contributed by atoms with van der Waals surface area (Å²) >= 11 is 0. The van der Waals surface area contributed by atoms with Crippen molar-refractivity contribution in [3.8, 4) is 0 Å². The number of rotatable bonds is 3. The molecular weight excluding hydrogens is 364 g/mol. The molecule has 4 N–H and O–H groups in total. The molecule has 10 heteroatoms. The lowest BCUT2D eigenvalue weighted by molar-refractivity contribution is -0.127. The van der Waals surface area contributed by atoms with E-state index in [1.807, 2.05) is 0 Å². The lowest BCUT2D eigenvalue weighted by Crippen LogP contribution is -2.51. The van der Waals surface area contributed by atoms with Gasteiger partial charge in [0.2, 0.25) is 5.91 Å². The van der Waals surface area contributed by atoms with Gasteiger partial charge in [-0.05, 0) is 25.8 Å². The van der Waals surface area contributed by atoms with Crippen molar-refractivity contribution in [3.05, 3.63) is 40.3 Å². The summed E-state index contributed by atoms with van der Waals surface area (Å²) in [5.74, 6) is -1.50. The summed E-state index contributed by atoms with van der Waals surface area (Å²) < 4.78 is 1.20. The van der Waals surface area contributed by atoms with Gasteiger partial charge >= 0.3 is 6.03 Å². The van der Waals surface area contributed by atoms with Crippen LogP contribution in [0, 0.1) is 5.92 Å². The van der Waals surface area contributed by atoms with E-state index in [0.717, 1.165) is 0 Å². The highest BCUT2D eigenvalue weighted by molar-refractivity contribution is 6.05. The normalized spacial score (nSPS) is 16.6. The lowest BCUT2D eigenvalue weighted by atomic mass is 9.98. The summed E-state index contributed by atoms with van der Waals surface area (Å²) in [7, 11) is 0. The molecule has 10 nitrogen and oxygen atoms in total. The number of nitrogens with two attached hydrogens (primary N) is 1. The van der Waals surface area contributed by atoms with E-state index in [1.165, 1.54) is 9.58 Å². The number of hydrogen-bond acceptors (Lipinski definition) is 5. The van der Waals surface area contributed by atoms with Gasteiger partial charge in [0.25, 0.3) is 11.5 Å². The molecule has 1 aliphatic heterocycles. The number of benzene rings is 1. The van der Waals surface area contributed by atoms with Gasteiger partial charge in [0.15, 0.2) is 5.69 Å². The van der Waals surface area contributed by atoms with E-state index in [2.05, 4.69) is 16.0 Å². The fourth-order valence-electron chi connectivity index (χ4n) is 3.29. The quantitative estimate of drug-likeness (QED) is 0.636. The third kappa shape index (κ3) is 3.80. The first-order valence-electron chi connectivity index (χ1n) is 9.06. The van der Waals surface area contributed by atoms with Gasteiger partial charge in [-0.1, -0.05) is 18.2 Å². The molecule has 1 aromatic heterocycles. The number of nitrogens with zero attached hydrogens (tertiary/aromatic N) is 3. The molecule has 1 fully saturated rings. The predicted molar refractivity (Wildman–Crippen MR) is 101 cm³/mol. The Morgan fingerprint density at radius 3 is 2.61 bits per heavy atom. The Bertz CT molecular complexity index is 986. The van der Waals surface area contributed by atoms with Crippen LogP contribution in [0.4, 0.5) is 4.79 Å². The number of fused-ring (bicyclic) bond motifs is 1. The number of likely N-dealkylation sites (tertiary alicyclic amines) is 1. The molecule has 2 heterocycles. The van der Waals surface area contributed by atoms with Crippen LogP contribution in [-0.4, -0.2) is 45.6 Å². The highest BCUT2D eigenvalue weighted by Crippen LogP contribution is 2.16. The van der Waals surface area contributed by atoms with Gasteiger partial charge in [0, 0.05) is 25.0 Å². The van der Waals surface area contributed by atoms with Crippen molar-refractivity contribution < 1.29 is 14.4 Å². The third-order valence-corrected chi connectivity index (χ3v) is 4.79. The minimum Gasteiger partial charge on any atom is -0.351 e. The molecule has 0 bridgehead atoms. The molecule has 1 aliphatic rings. The maximum absolute atomic E-state index is 12.6. The topological polar surface area (TPSA) is 139 Å². The zero-order valence-electron chi connectivity index (χ0n) is 15.5. The number of primary amides is 1. The van der Waals surface area contributed by atoms with Gasteiger partial charge in [0.1, 0.15) is 0 Å². The molecule has 148 valence electrons. The number of hydrazine groups is 1. The maximum atomic E-state index is 12.6. The Morgan fingerprint density at radius 1 is 1.21 bits per heavy atom. The Morgan fingerprint density at radius 2 is 1.93 bits per heavy atom. The van der Waals surface area contributed by atoms with E-state index in [9.17, 15) is 19.2 Å². The minimum atomic E-state index is -0.630. The summed E-state index contributed by atoms with van der Waals surface area (Å²) in [6, 6.07) is 6.10. The van der Waals surface area contributed by atoms with E-state index in [0.29, 0.717) is 36.7 Å². The molecule has 4 amide bonds. The summed E-state index contributed by atoms with van der Waals surface area (Å²) in [4.78, 5) is 50.0. The maximum Gasteiger partial charge on any atom is 0.314 e. The van der Waals surface area contributed by atoms with Crippen LogP contribution < -0.4 is 22.1 Å². The summed E-state index contributed by atoms with van der Waals surface area (Å²) in [5.41, 5.74) is 9.76. The molecule has 0 radical (unpaired) electrons. The standard InChI is InChI=1S/C18H22N6O4/c1-2-24-17(27)13-8-4-3-7-12(13)14(22-24)16(26)21-20-15(25)11-6-5-9-23(10-11)18(19)28/h3-4,7-8,11H,2,5-6,9-10H2,1H3,(H2,19,28)(H,20,25)(H,21,26)/t11-/m0/s1. The summed E-state index contributed by atoms with van der Waals surface area (Å²) in [5, 5.41) is 4.90.